The van der Waals surface area contributed by atoms with Gasteiger partial charge < -0.3 is 25.6 Å². The Kier molecular flexibility index (Phi) is 9.85. The lowest BCUT2D eigenvalue weighted by Crippen LogP contribution is -2.52. The number of morpholine rings is 1. The van der Waals surface area contributed by atoms with Crippen molar-refractivity contribution in [1.29, 1.82) is 0 Å². The van der Waals surface area contributed by atoms with E-state index in [0.29, 0.717) is 37.5 Å². The van der Waals surface area contributed by atoms with Crippen LogP contribution in [-0.2, 0) is 14.3 Å². The van der Waals surface area contributed by atoms with E-state index in [1.165, 1.54) is 0 Å². The van der Waals surface area contributed by atoms with E-state index in [2.05, 4.69) is 49.8 Å². The van der Waals surface area contributed by atoms with Gasteiger partial charge in [0.25, 0.3) is 5.91 Å². The number of amides is 2. The van der Waals surface area contributed by atoms with Gasteiger partial charge in [0.05, 0.1) is 24.1 Å². The van der Waals surface area contributed by atoms with Crippen LogP contribution >= 0.6 is 0 Å². The van der Waals surface area contributed by atoms with Crippen LogP contribution in [0.1, 0.15) is 53.3 Å². The van der Waals surface area contributed by atoms with Gasteiger partial charge in [-0.1, -0.05) is 34.3 Å². The molecule has 3 heterocycles. The van der Waals surface area contributed by atoms with Crippen LogP contribution < -0.4 is 20.9 Å². The van der Waals surface area contributed by atoms with Crippen LogP contribution in [0.3, 0.4) is 0 Å². The van der Waals surface area contributed by atoms with E-state index >= 15 is 0 Å². The zero-order valence-corrected chi connectivity index (χ0v) is 25.4. The molecule has 2 aromatic heterocycles. The first kappa shape index (κ1) is 31.0. The summed E-state index contributed by atoms with van der Waals surface area (Å²) in [6, 6.07) is 5.39. The number of unbranched alkanes of at least 4 members (excludes halogenated alkanes) is 1. The molecular formula is C30H43FN8O3. The second kappa shape index (κ2) is 13.3. The molecule has 0 spiro atoms. The maximum Gasteiger partial charge on any atom is 0.255 e. The summed E-state index contributed by atoms with van der Waals surface area (Å²) >= 11 is 0. The summed E-state index contributed by atoms with van der Waals surface area (Å²) in [7, 11) is 0. The van der Waals surface area contributed by atoms with Crippen molar-refractivity contribution in [3.8, 4) is 0 Å². The van der Waals surface area contributed by atoms with Crippen LogP contribution in [0.4, 0.5) is 15.9 Å². The molecule has 0 bridgehead atoms. The highest BCUT2D eigenvalue weighted by Crippen LogP contribution is 2.28. The number of ether oxygens (including phenoxy) is 1. The number of benzene rings is 1. The molecule has 1 saturated heterocycles. The predicted octanol–water partition coefficient (Wildman–Crippen LogP) is 3.77. The normalized spacial score (nSPS) is 17.0. The van der Waals surface area contributed by atoms with Gasteiger partial charge in [-0.05, 0) is 56.7 Å². The maximum absolute atomic E-state index is 14.1. The van der Waals surface area contributed by atoms with E-state index in [9.17, 15) is 14.0 Å². The molecule has 0 aliphatic carbocycles. The van der Waals surface area contributed by atoms with Gasteiger partial charge in [-0.25, -0.2) is 9.37 Å². The van der Waals surface area contributed by atoms with Crippen LogP contribution in [0.2, 0.25) is 0 Å². The second-order valence-electron chi connectivity index (χ2n) is 11.7. The average molecular weight is 583 g/mol. The zero-order valence-electron chi connectivity index (χ0n) is 25.4. The number of carbonyl (C=O) groups is 2. The molecule has 12 heteroatoms. The Hall–Kier alpha value is -3.96. The standard InChI is InChI=1S/C30H43FN8O3/c1-17(2)25(31)29(40)35-26(18(3)4)30(41)33-13-9-8-12-32-27-28-37-36-21(7)39(28)24-11-10-22(14-23(24)34-27)38-15-19(5)42-20(6)16-38/h10-11,14,17-18,20,25-26H,5,8-9,12-13,15-16H2,1-4,6-7H3,(H,32,34)(H,33,41)(H,35,40)/t20-,25+,26+/m1/s1. The van der Waals surface area contributed by atoms with Crippen molar-refractivity contribution < 1.29 is 18.7 Å². The molecule has 3 N–H and O–H groups in total. The number of aromatic nitrogens is 4. The molecule has 3 atom stereocenters. The minimum Gasteiger partial charge on any atom is -0.492 e. The van der Waals surface area contributed by atoms with Crippen molar-refractivity contribution in [3.05, 3.63) is 36.4 Å². The van der Waals surface area contributed by atoms with Crippen LogP contribution in [-0.4, -0.2) is 75.9 Å². The predicted molar refractivity (Wildman–Crippen MR) is 162 cm³/mol. The average Bonchev–Trinajstić information content (AvgIpc) is 3.33. The van der Waals surface area contributed by atoms with Crippen LogP contribution in [0.5, 0.6) is 0 Å². The molecule has 1 aliphatic heterocycles. The lowest BCUT2D eigenvalue weighted by atomic mass is 10.0. The Balaban J connectivity index is 1.36. The molecule has 2 amide bonds. The van der Waals surface area contributed by atoms with Crippen molar-refractivity contribution >= 4 is 40.0 Å². The monoisotopic (exact) mass is 582 g/mol. The number of hydrogen-bond donors (Lipinski definition) is 3. The first-order chi connectivity index (χ1) is 20.0. The lowest BCUT2D eigenvalue weighted by Gasteiger charge is -2.34. The SMILES string of the molecule is C=C1CN(c2ccc3c(c2)nc(NCCCCNC(=O)[C@@H](NC(=O)[C@@H](F)C(C)C)C(C)C)c2nnc(C)n23)C[C@@H](C)O1. The molecule has 1 fully saturated rings. The number of carbonyl (C=O) groups excluding carboxylic acids is 2. The highest BCUT2D eigenvalue weighted by Gasteiger charge is 2.29. The summed E-state index contributed by atoms with van der Waals surface area (Å²) in [4.78, 5) is 32.0. The first-order valence-corrected chi connectivity index (χ1v) is 14.7. The van der Waals surface area contributed by atoms with Gasteiger partial charge in [-0.15, -0.1) is 10.2 Å². The van der Waals surface area contributed by atoms with Crippen molar-refractivity contribution in [2.75, 3.05) is 36.4 Å². The number of nitrogens with zero attached hydrogens (tertiary/aromatic N) is 5. The molecule has 0 radical (unpaired) electrons. The number of alkyl halides is 1. The molecule has 0 unspecified atom stereocenters. The number of hydrogen-bond acceptors (Lipinski definition) is 8. The van der Waals surface area contributed by atoms with Crippen LogP contribution in [0.25, 0.3) is 16.7 Å². The topological polar surface area (TPSA) is 126 Å². The van der Waals surface area contributed by atoms with Gasteiger partial charge >= 0.3 is 0 Å². The Morgan fingerprint density at radius 1 is 1.12 bits per heavy atom. The fourth-order valence-corrected chi connectivity index (χ4v) is 5.07. The summed E-state index contributed by atoms with van der Waals surface area (Å²) in [5, 5.41) is 17.5. The number of nitrogens with one attached hydrogen (secondary N) is 3. The number of aryl methyl sites for hydroxylation is 1. The lowest BCUT2D eigenvalue weighted by molar-refractivity contribution is -0.133. The number of rotatable bonds is 12. The molecule has 1 aromatic carbocycles. The third-order valence-electron chi connectivity index (χ3n) is 7.32. The summed E-state index contributed by atoms with van der Waals surface area (Å²) in [6.07, 6.45) is -0.134. The fraction of sp³-hybridized carbons (Fsp3) is 0.567. The Labute approximate surface area is 246 Å². The van der Waals surface area contributed by atoms with Crippen molar-refractivity contribution in [2.45, 2.75) is 72.7 Å². The molecule has 0 saturated carbocycles. The smallest absolute Gasteiger partial charge is 0.255 e. The maximum atomic E-state index is 14.1. The minimum atomic E-state index is -1.65. The van der Waals surface area contributed by atoms with Gasteiger partial charge in [0.1, 0.15) is 23.7 Å². The van der Waals surface area contributed by atoms with Gasteiger partial charge in [-0.3, -0.25) is 14.0 Å². The summed E-state index contributed by atoms with van der Waals surface area (Å²) in [5.41, 5.74) is 3.43. The van der Waals surface area contributed by atoms with E-state index < -0.39 is 24.0 Å². The Morgan fingerprint density at radius 2 is 1.86 bits per heavy atom. The molecular weight excluding hydrogens is 539 g/mol. The van der Waals surface area contributed by atoms with Gasteiger partial charge in [0.2, 0.25) is 11.6 Å². The molecule has 42 heavy (non-hydrogen) atoms. The molecule has 4 rings (SSSR count). The minimum absolute atomic E-state index is 0.0573. The van der Waals surface area contributed by atoms with E-state index in [4.69, 9.17) is 9.72 Å². The highest BCUT2D eigenvalue weighted by molar-refractivity contribution is 5.89. The van der Waals surface area contributed by atoms with E-state index in [1.807, 2.05) is 38.2 Å². The van der Waals surface area contributed by atoms with Crippen molar-refractivity contribution in [1.82, 2.24) is 30.2 Å². The molecule has 11 nitrogen and oxygen atoms in total. The van der Waals surface area contributed by atoms with E-state index in [1.54, 1.807) is 13.8 Å². The third-order valence-corrected chi connectivity index (χ3v) is 7.32. The van der Waals surface area contributed by atoms with E-state index in [-0.39, 0.29) is 17.9 Å². The van der Waals surface area contributed by atoms with Crippen LogP contribution in [0, 0.1) is 18.8 Å². The Bertz CT molecular complexity index is 1440. The second-order valence-corrected chi connectivity index (χ2v) is 11.7. The molecule has 3 aromatic rings. The van der Waals surface area contributed by atoms with E-state index in [0.717, 1.165) is 41.3 Å². The van der Waals surface area contributed by atoms with Gasteiger partial charge in [0, 0.05) is 18.8 Å². The summed E-state index contributed by atoms with van der Waals surface area (Å²) in [5.74, 6) is 0.459. The van der Waals surface area contributed by atoms with Crippen LogP contribution in [0.15, 0.2) is 30.5 Å². The van der Waals surface area contributed by atoms with Gasteiger partial charge in [-0.2, -0.15) is 0 Å². The quantitative estimate of drug-likeness (QED) is 0.276. The largest absolute Gasteiger partial charge is 0.492 e. The summed E-state index contributed by atoms with van der Waals surface area (Å²) < 4.78 is 21.8. The third kappa shape index (κ3) is 7.08. The Morgan fingerprint density at radius 3 is 2.55 bits per heavy atom. The zero-order chi connectivity index (χ0) is 30.6. The number of fused-ring (bicyclic) bond motifs is 3. The molecule has 228 valence electrons. The molecule has 1 aliphatic rings. The highest BCUT2D eigenvalue weighted by atomic mass is 19.1. The van der Waals surface area contributed by atoms with Crippen molar-refractivity contribution in [2.24, 2.45) is 11.8 Å². The van der Waals surface area contributed by atoms with Crippen molar-refractivity contribution in [3.63, 3.8) is 0 Å². The van der Waals surface area contributed by atoms with Gasteiger partial charge in [0.15, 0.2) is 12.0 Å². The summed E-state index contributed by atoms with van der Waals surface area (Å²) in [6.45, 7) is 17.3. The fourth-order valence-electron chi connectivity index (χ4n) is 5.07. The first-order valence-electron chi connectivity index (χ1n) is 14.7. The number of anilines is 2. The number of halogens is 1.